The van der Waals surface area contributed by atoms with Crippen LogP contribution in [0.3, 0.4) is 0 Å². The van der Waals surface area contributed by atoms with Crippen LogP contribution >= 0.6 is 0 Å². The Kier molecular flexibility index (Phi) is 4.44. The second-order valence-corrected chi connectivity index (χ2v) is 6.62. The molecule has 0 aliphatic carbocycles. The highest BCUT2D eigenvalue weighted by Crippen LogP contribution is 2.17. The number of pyridine rings is 1. The number of anilines is 1. The first-order valence-electron chi connectivity index (χ1n) is 8.27. The zero-order valence-corrected chi connectivity index (χ0v) is 14.9. The van der Waals surface area contributed by atoms with Gasteiger partial charge < -0.3 is 14.5 Å². The predicted molar refractivity (Wildman–Crippen MR) is 98.9 cm³/mol. The Bertz CT molecular complexity index is 981. The van der Waals surface area contributed by atoms with Crippen molar-refractivity contribution in [3.05, 3.63) is 58.3 Å². The zero-order chi connectivity index (χ0) is 18.1. The lowest BCUT2D eigenvalue weighted by atomic mass is 10.0. The first-order chi connectivity index (χ1) is 11.9. The molecule has 25 heavy (non-hydrogen) atoms. The molecule has 3 aromatic rings. The van der Waals surface area contributed by atoms with Crippen LogP contribution in [0, 0.1) is 6.92 Å². The molecule has 1 N–H and O–H groups in total. The van der Waals surface area contributed by atoms with Crippen molar-refractivity contribution in [2.45, 2.75) is 33.2 Å². The molecule has 0 aliphatic heterocycles. The summed E-state index contributed by atoms with van der Waals surface area (Å²) in [7, 11) is 1.70. The van der Waals surface area contributed by atoms with Crippen LogP contribution in [-0.2, 0) is 18.4 Å². The lowest BCUT2D eigenvalue weighted by Crippen LogP contribution is -2.23. The molecule has 0 saturated carbocycles. The fourth-order valence-electron chi connectivity index (χ4n) is 2.90. The third-order valence-corrected chi connectivity index (χ3v) is 4.30. The molecule has 0 spiro atoms. The van der Waals surface area contributed by atoms with E-state index in [9.17, 15) is 9.59 Å². The van der Waals surface area contributed by atoms with Crippen molar-refractivity contribution >= 4 is 22.6 Å². The molecule has 1 amide bonds. The number of hydrogen-bond acceptors (Lipinski definition) is 3. The average molecular weight is 338 g/mol. The molecule has 6 nitrogen and oxygen atoms in total. The molecular weight excluding hydrogens is 316 g/mol. The number of nitrogens with zero attached hydrogens (tertiary/aromatic N) is 3. The van der Waals surface area contributed by atoms with Crippen LogP contribution in [0.4, 0.5) is 5.69 Å². The molecule has 1 aromatic carbocycles. The smallest absolute Gasteiger partial charge is 0.276 e. The third kappa shape index (κ3) is 3.33. The summed E-state index contributed by atoms with van der Waals surface area (Å²) in [6.07, 6.45) is 3.29. The molecule has 0 unspecified atom stereocenters. The van der Waals surface area contributed by atoms with Crippen molar-refractivity contribution < 1.29 is 4.79 Å². The van der Waals surface area contributed by atoms with Gasteiger partial charge in [0.05, 0.1) is 11.8 Å². The van der Waals surface area contributed by atoms with Crippen molar-refractivity contribution in [2.24, 2.45) is 7.05 Å². The molecule has 130 valence electrons. The number of amides is 1. The van der Waals surface area contributed by atoms with Gasteiger partial charge >= 0.3 is 0 Å². The van der Waals surface area contributed by atoms with Crippen LogP contribution in [0.1, 0.15) is 30.9 Å². The van der Waals surface area contributed by atoms with Crippen molar-refractivity contribution in [1.29, 1.82) is 0 Å². The maximum absolute atomic E-state index is 12.4. The van der Waals surface area contributed by atoms with Crippen molar-refractivity contribution in [3.63, 3.8) is 0 Å². The summed E-state index contributed by atoms with van der Waals surface area (Å²) in [4.78, 5) is 29.0. The largest absolute Gasteiger partial charge is 0.325 e. The number of aromatic nitrogens is 3. The summed E-state index contributed by atoms with van der Waals surface area (Å²) in [6.45, 7) is 6.19. The molecule has 0 atom stereocenters. The van der Waals surface area contributed by atoms with E-state index < -0.39 is 0 Å². The highest BCUT2D eigenvalue weighted by Gasteiger charge is 2.13. The number of carbonyl (C=O) groups excluding carboxylic acids is 1. The minimum Gasteiger partial charge on any atom is -0.325 e. The molecule has 2 heterocycles. The van der Waals surface area contributed by atoms with Crippen LogP contribution in [0.25, 0.3) is 11.0 Å². The number of benzene rings is 1. The van der Waals surface area contributed by atoms with Gasteiger partial charge in [0.1, 0.15) is 12.1 Å². The van der Waals surface area contributed by atoms with Gasteiger partial charge in [0, 0.05) is 18.9 Å². The Labute approximate surface area is 146 Å². The van der Waals surface area contributed by atoms with Gasteiger partial charge in [-0.2, -0.15) is 0 Å². The van der Waals surface area contributed by atoms with E-state index in [1.165, 1.54) is 10.1 Å². The van der Waals surface area contributed by atoms with Crippen molar-refractivity contribution in [3.8, 4) is 0 Å². The van der Waals surface area contributed by atoms with E-state index in [1.807, 2.05) is 31.2 Å². The number of imidazole rings is 1. The maximum atomic E-state index is 12.4. The Morgan fingerprint density at radius 3 is 2.56 bits per heavy atom. The van der Waals surface area contributed by atoms with Gasteiger partial charge in [-0.25, -0.2) is 4.98 Å². The van der Waals surface area contributed by atoms with Crippen molar-refractivity contribution in [2.75, 3.05) is 5.32 Å². The third-order valence-electron chi connectivity index (χ3n) is 4.30. The summed E-state index contributed by atoms with van der Waals surface area (Å²) in [5.74, 6) is 0.252. The van der Waals surface area contributed by atoms with Crippen LogP contribution in [0.2, 0.25) is 0 Å². The number of nitrogens with one attached hydrogen (secondary N) is 1. The van der Waals surface area contributed by atoms with Gasteiger partial charge in [0.15, 0.2) is 0 Å². The van der Waals surface area contributed by atoms with Crippen molar-refractivity contribution in [1.82, 2.24) is 14.1 Å². The van der Waals surface area contributed by atoms with Gasteiger partial charge in [-0.15, -0.1) is 0 Å². The minimum absolute atomic E-state index is 0.0428. The van der Waals surface area contributed by atoms with E-state index in [0.717, 1.165) is 11.3 Å². The second-order valence-electron chi connectivity index (χ2n) is 6.62. The Hall–Kier alpha value is -2.89. The number of hydrogen-bond donors (Lipinski definition) is 1. The van der Waals surface area contributed by atoms with Crippen LogP contribution in [0.15, 0.2) is 41.6 Å². The second kappa shape index (κ2) is 6.55. The lowest BCUT2D eigenvalue weighted by Gasteiger charge is -2.09. The van der Waals surface area contributed by atoms with Crippen LogP contribution < -0.4 is 10.9 Å². The summed E-state index contributed by atoms with van der Waals surface area (Å²) >= 11 is 0. The van der Waals surface area contributed by atoms with Gasteiger partial charge in [0.2, 0.25) is 5.91 Å². The minimum atomic E-state index is -0.194. The van der Waals surface area contributed by atoms with Gasteiger partial charge in [-0.1, -0.05) is 26.0 Å². The monoisotopic (exact) mass is 338 g/mol. The Balaban J connectivity index is 1.82. The first-order valence-corrected chi connectivity index (χ1v) is 8.27. The molecule has 0 radical (unpaired) electrons. The standard InChI is InChI=1S/C19H22N4O2/c1-12(2)14-5-7-15(8-6-14)21-16(24)10-23-11-20-17-13(3)9-22(4)19(25)18(17)23/h5-9,11-12H,10H2,1-4H3,(H,21,24). The summed E-state index contributed by atoms with van der Waals surface area (Å²) in [6, 6.07) is 7.79. The molecule has 3 rings (SSSR count). The fourth-order valence-corrected chi connectivity index (χ4v) is 2.90. The molecule has 0 saturated heterocycles. The van der Waals surface area contributed by atoms with E-state index in [4.69, 9.17) is 0 Å². The summed E-state index contributed by atoms with van der Waals surface area (Å²) in [5, 5.41) is 2.86. The molecule has 2 aromatic heterocycles. The summed E-state index contributed by atoms with van der Waals surface area (Å²) in [5.41, 5.74) is 3.79. The molecule has 0 aliphatic rings. The molecular formula is C19H22N4O2. The SMILES string of the molecule is Cc1cn(C)c(=O)c2c1ncn2CC(=O)Nc1ccc(C(C)C)cc1. The number of rotatable bonds is 4. The van der Waals surface area contributed by atoms with Gasteiger partial charge in [0.25, 0.3) is 5.56 Å². The summed E-state index contributed by atoms with van der Waals surface area (Å²) < 4.78 is 3.11. The number of aryl methyl sites for hydroxylation is 2. The van der Waals surface area contributed by atoms with E-state index in [2.05, 4.69) is 24.1 Å². The molecule has 6 heteroatoms. The highest BCUT2D eigenvalue weighted by atomic mass is 16.2. The Morgan fingerprint density at radius 1 is 1.24 bits per heavy atom. The first kappa shape index (κ1) is 17.0. The highest BCUT2D eigenvalue weighted by molar-refractivity contribution is 5.91. The fraction of sp³-hybridized carbons (Fsp3) is 0.316. The maximum Gasteiger partial charge on any atom is 0.276 e. The molecule has 0 bridgehead atoms. The predicted octanol–water partition coefficient (Wildman–Crippen LogP) is 2.81. The zero-order valence-electron chi connectivity index (χ0n) is 14.9. The number of carbonyl (C=O) groups is 1. The van der Waals surface area contributed by atoms with E-state index in [1.54, 1.807) is 24.1 Å². The average Bonchev–Trinajstić information content (AvgIpc) is 2.97. The van der Waals surface area contributed by atoms with E-state index >= 15 is 0 Å². The normalized spacial score (nSPS) is 11.2. The molecule has 0 fully saturated rings. The van der Waals surface area contributed by atoms with Gasteiger partial charge in [-0.3, -0.25) is 9.59 Å². The van der Waals surface area contributed by atoms with Crippen LogP contribution in [-0.4, -0.2) is 20.0 Å². The number of fused-ring (bicyclic) bond motifs is 1. The van der Waals surface area contributed by atoms with E-state index in [-0.39, 0.29) is 18.0 Å². The van der Waals surface area contributed by atoms with E-state index in [0.29, 0.717) is 17.0 Å². The lowest BCUT2D eigenvalue weighted by molar-refractivity contribution is -0.116. The Morgan fingerprint density at radius 2 is 1.92 bits per heavy atom. The quantitative estimate of drug-likeness (QED) is 0.795. The topological polar surface area (TPSA) is 68.9 Å². The van der Waals surface area contributed by atoms with Gasteiger partial charge in [-0.05, 0) is 36.1 Å². The van der Waals surface area contributed by atoms with Crippen LogP contribution in [0.5, 0.6) is 0 Å².